The number of hydrogen-bond donors (Lipinski definition) is 2. The van der Waals surface area contributed by atoms with E-state index in [1.165, 1.54) is 64.2 Å². The molecule has 2 N–H and O–H groups in total. The Morgan fingerprint density at radius 2 is 1.42 bits per heavy atom. The van der Waals surface area contributed by atoms with Crippen LogP contribution in [0.3, 0.4) is 0 Å². The zero-order valence-corrected chi connectivity index (χ0v) is 16.7. The Hall–Kier alpha value is -0.120. The Balaban J connectivity index is 0.00000529. The highest BCUT2D eigenvalue weighted by Crippen LogP contribution is 2.18. The van der Waals surface area contributed by atoms with E-state index in [0.717, 1.165) is 25.7 Å². The molecule has 1 fully saturated rings. The average molecular weight is 362 g/mol. The maximum atomic E-state index is 10.8. The van der Waals surface area contributed by atoms with Gasteiger partial charge >= 0.3 is 0 Å². The molecular weight excluding hydrogens is 322 g/mol. The van der Waals surface area contributed by atoms with Crippen molar-refractivity contribution in [1.29, 1.82) is 0 Å². The van der Waals surface area contributed by atoms with Crippen LogP contribution in [0, 0.1) is 0 Å². The molecule has 4 heteroatoms. The van der Waals surface area contributed by atoms with Gasteiger partial charge in [0, 0.05) is 18.5 Å². The molecule has 0 aromatic carbocycles. The van der Waals surface area contributed by atoms with Crippen molar-refractivity contribution in [1.82, 2.24) is 5.32 Å². The topological polar surface area (TPSA) is 49.3 Å². The van der Waals surface area contributed by atoms with Crippen molar-refractivity contribution in [3.05, 3.63) is 0 Å². The van der Waals surface area contributed by atoms with E-state index in [1.54, 1.807) is 6.92 Å². The van der Waals surface area contributed by atoms with Crippen LogP contribution in [-0.4, -0.2) is 29.1 Å². The van der Waals surface area contributed by atoms with Gasteiger partial charge in [-0.05, 0) is 39.5 Å². The van der Waals surface area contributed by atoms with Crippen molar-refractivity contribution in [2.45, 2.75) is 122 Å². The first-order valence-electron chi connectivity index (χ1n) is 10.0. The van der Waals surface area contributed by atoms with Gasteiger partial charge in [0.2, 0.25) is 0 Å². The first-order chi connectivity index (χ1) is 11.1. The van der Waals surface area contributed by atoms with Gasteiger partial charge in [-0.2, -0.15) is 0 Å². The smallest absolute Gasteiger partial charge is 0.129 e. The lowest BCUT2D eigenvalue weighted by Gasteiger charge is -2.32. The van der Waals surface area contributed by atoms with Gasteiger partial charge in [-0.1, -0.05) is 57.8 Å². The van der Waals surface area contributed by atoms with Crippen LogP contribution in [0.25, 0.3) is 0 Å². The summed E-state index contributed by atoms with van der Waals surface area (Å²) in [6.07, 6.45) is 17.1. The second kappa shape index (κ2) is 15.2. The summed E-state index contributed by atoms with van der Waals surface area (Å²) in [6, 6.07) is 0.896. The molecule has 0 aliphatic carbocycles. The van der Waals surface area contributed by atoms with E-state index in [0.29, 0.717) is 11.8 Å². The first kappa shape index (κ1) is 23.9. The molecule has 0 unspecified atom stereocenters. The maximum absolute atomic E-state index is 10.8. The van der Waals surface area contributed by atoms with Gasteiger partial charge in [0.15, 0.2) is 0 Å². The number of ketones is 1. The SMILES string of the molecule is CC(=O)CCCCCCCCCCCC[C@@H]1CC[C@H](O)[C@H](C)N1.Cl. The molecule has 1 rings (SSSR count). The van der Waals surface area contributed by atoms with Crippen molar-refractivity contribution in [2.75, 3.05) is 0 Å². The highest BCUT2D eigenvalue weighted by atomic mass is 35.5. The number of Topliss-reactive ketones (excluding diaryl/α,β-unsaturated/α-hetero) is 1. The number of piperidine rings is 1. The molecular formula is C20H40ClNO2. The molecule has 0 aromatic heterocycles. The zero-order chi connectivity index (χ0) is 16.9. The number of carbonyl (C=O) groups excluding carboxylic acids is 1. The van der Waals surface area contributed by atoms with Gasteiger partial charge in [-0.3, -0.25) is 0 Å². The minimum Gasteiger partial charge on any atom is -0.392 e. The lowest BCUT2D eigenvalue weighted by molar-refractivity contribution is -0.117. The van der Waals surface area contributed by atoms with E-state index in [1.807, 2.05) is 0 Å². The fourth-order valence-corrected chi connectivity index (χ4v) is 3.59. The Morgan fingerprint density at radius 3 is 1.92 bits per heavy atom. The predicted molar refractivity (Wildman–Crippen MR) is 105 cm³/mol. The summed E-state index contributed by atoms with van der Waals surface area (Å²) in [4.78, 5) is 10.8. The Bertz CT molecular complexity index is 312. The lowest BCUT2D eigenvalue weighted by Crippen LogP contribution is -2.48. The van der Waals surface area contributed by atoms with Crippen molar-refractivity contribution >= 4 is 18.2 Å². The van der Waals surface area contributed by atoms with Crippen LogP contribution in [-0.2, 0) is 4.79 Å². The van der Waals surface area contributed by atoms with Gasteiger partial charge in [-0.15, -0.1) is 12.4 Å². The molecule has 144 valence electrons. The molecule has 1 heterocycles. The maximum Gasteiger partial charge on any atom is 0.129 e. The number of rotatable bonds is 13. The second-order valence-electron chi connectivity index (χ2n) is 7.57. The fraction of sp³-hybridized carbons (Fsp3) is 0.950. The highest BCUT2D eigenvalue weighted by molar-refractivity contribution is 5.85. The van der Waals surface area contributed by atoms with E-state index in [2.05, 4.69) is 12.2 Å². The number of carbonyl (C=O) groups is 1. The zero-order valence-electron chi connectivity index (χ0n) is 15.9. The number of aliphatic hydroxyl groups is 1. The predicted octanol–water partition coefficient (Wildman–Crippen LogP) is 5.18. The number of unbranched alkanes of at least 4 members (excludes halogenated alkanes) is 9. The summed E-state index contributed by atoms with van der Waals surface area (Å²) >= 11 is 0. The largest absolute Gasteiger partial charge is 0.392 e. The number of aliphatic hydroxyl groups excluding tert-OH is 1. The normalized spacial score (nSPS) is 23.7. The molecule has 1 saturated heterocycles. The molecule has 0 saturated carbocycles. The monoisotopic (exact) mass is 361 g/mol. The van der Waals surface area contributed by atoms with E-state index in [9.17, 15) is 9.90 Å². The number of halogens is 1. The molecule has 0 aromatic rings. The Labute approximate surface area is 155 Å². The first-order valence-corrected chi connectivity index (χ1v) is 10.0. The van der Waals surface area contributed by atoms with Crippen LogP contribution in [0.4, 0.5) is 0 Å². The van der Waals surface area contributed by atoms with Crippen LogP contribution in [0.2, 0.25) is 0 Å². The minimum atomic E-state index is -0.145. The molecule has 0 spiro atoms. The second-order valence-corrected chi connectivity index (χ2v) is 7.57. The standard InChI is InChI=1S/C20H39NO2.ClH/c1-17(22)13-11-9-7-5-3-4-6-8-10-12-14-19-15-16-20(23)18(2)21-19;/h18-21,23H,3-16H2,1-2H3;1H/t18-,19+,20-;/m0./s1. The van der Waals surface area contributed by atoms with E-state index in [4.69, 9.17) is 0 Å². The molecule has 3 atom stereocenters. The molecule has 0 radical (unpaired) electrons. The van der Waals surface area contributed by atoms with Gasteiger partial charge in [0.25, 0.3) is 0 Å². The van der Waals surface area contributed by atoms with Crippen molar-refractivity contribution in [2.24, 2.45) is 0 Å². The average Bonchev–Trinajstić information content (AvgIpc) is 2.51. The van der Waals surface area contributed by atoms with Crippen LogP contribution in [0.15, 0.2) is 0 Å². The van der Waals surface area contributed by atoms with Crippen LogP contribution < -0.4 is 5.32 Å². The van der Waals surface area contributed by atoms with Gasteiger partial charge in [0.05, 0.1) is 6.10 Å². The molecule has 0 bridgehead atoms. The third kappa shape index (κ3) is 12.3. The van der Waals surface area contributed by atoms with Crippen molar-refractivity contribution in [3.8, 4) is 0 Å². The molecule has 0 amide bonds. The van der Waals surface area contributed by atoms with Gasteiger partial charge in [-0.25, -0.2) is 0 Å². The molecule has 1 aliphatic heterocycles. The quantitative estimate of drug-likeness (QED) is 0.444. The summed E-state index contributed by atoms with van der Waals surface area (Å²) in [5, 5.41) is 13.2. The van der Waals surface area contributed by atoms with E-state index in [-0.39, 0.29) is 24.6 Å². The molecule has 1 aliphatic rings. The van der Waals surface area contributed by atoms with Crippen LogP contribution in [0.1, 0.15) is 104 Å². The summed E-state index contributed by atoms with van der Waals surface area (Å²) in [5.41, 5.74) is 0. The number of hydrogen-bond acceptors (Lipinski definition) is 3. The van der Waals surface area contributed by atoms with Gasteiger partial charge in [0.1, 0.15) is 5.78 Å². The third-order valence-corrected chi connectivity index (χ3v) is 5.22. The van der Waals surface area contributed by atoms with E-state index >= 15 is 0 Å². The summed E-state index contributed by atoms with van der Waals surface area (Å²) in [5.74, 6) is 0.332. The fourth-order valence-electron chi connectivity index (χ4n) is 3.59. The summed E-state index contributed by atoms with van der Waals surface area (Å²) < 4.78 is 0. The van der Waals surface area contributed by atoms with Crippen LogP contribution >= 0.6 is 12.4 Å². The lowest BCUT2D eigenvalue weighted by atomic mass is 9.93. The third-order valence-electron chi connectivity index (χ3n) is 5.22. The number of nitrogens with one attached hydrogen (secondary N) is 1. The summed E-state index contributed by atoms with van der Waals surface area (Å²) in [6.45, 7) is 3.78. The summed E-state index contributed by atoms with van der Waals surface area (Å²) in [7, 11) is 0. The molecule has 3 nitrogen and oxygen atoms in total. The van der Waals surface area contributed by atoms with Crippen molar-refractivity contribution < 1.29 is 9.90 Å². The Kier molecular flexibility index (Phi) is 15.1. The van der Waals surface area contributed by atoms with Gasteiger partial charge < -0.3 is 15.2 Å². The Morgan fingerprint density at radius 1 is 0.917 bits per heavy atom. The van der Waals surface area contributed by atoms with E-state index < -0.39 is 0 Å². The van der Waals surface area contributed by atoms with Crippen molar-refractivity contribution in [3.63, 3.8) is 0 Å². The van der Waals surface area contributed by atoms with Crippen LogP contribution in [0.5, 0.6) is 0 Å². The minimum absolute atomic E-state index is 0. The highest BCUT2D eigenvalue weighted by Gasteiger charge is 2.24. The molecule has 24 heavy (non-hydrogen) atoms.